The Hall–Kier alpha value is -2.43. The molecular weight excluding hydrogens is 278 g/mol. The molecule has 5 heteroatoms. The lowest BCUT2D eigenvalue weighted by Gasteiger charge is -2.34. The van der Waals surface area contributed by atoms with Crippen molar-refractivity contribution in [3.8, 4) is 5.75 Å². The molecule has 0 aliphatic carbocycles. The molecule has 22 heavy (non-hydrogen) atoms. The van der Waals surface area contributed by atoms with E-state index in [0.717, 1.165) is 23.4 Å². The van der Waals surface area contributed by atoms with Crippen LogP contribution in [0.2, 0.25) is 0 Å². The predicted octanol–water partition coefficient (Wildman–Crippen LogP) is 2.38. The van der Waals surface area contributed by atoms with Gasteiger partial charge in [0.2, 0.25) is 0 Å². The summed E-state index contributed by atoms with van der Waals surface area (Å²) in [7, 11) is 1.64. The Kier molecular flexibility index (Phi) is 3.79. The van der Waals surface area contributed by atoms with Crippen LogP contribution < -0.4 is 4.74 Å². The topological polar surface area (TPSA) is 55.3 Å². The zero-order valence-corrected chi connectivity index (χ0v) is 13.0. The molecule has 1 aromatic heterocycles. The number of carbonyl (C=O) groups is 1. The first kappa shape index (κ1) is 14.5. The van der Waals surface area contributed by atoms with Gasteiger partial charge >= 0.3 is 0 Å². The summed E-state index contributed by atoms with van der Waals surface area (Å²) in [5.41, 5.74) is 2.52. The van der Waals surface area contributed by atoms with Gasteiger partial charge in [0.25, 0.3) is 5.91 Å². The summed E-state index contributed by atoms with van der Waals surface area (Å²) < 4.78 is 5.24. The second-order valence-corrected chi connectivity index (χ2v) is 5.62. The third-order valence-electron chi connectivity index (χ3n) is 3.99. The summed E-state index contributed by atoms with van der Waals surface area (Å²) >= 11 is 0. The number of methoxy groups -OCH3 is 1. The second kappa shape index (κ2) is 5.75. The third-order valence-corrected chi connectivity index (χ3v) is 3.99. The minimum Gasteiger partial charge on any atom is -0.497 e. The molecule has 1 amide bonds. The molecule has 5 nitrogen and oxygen atoms in total. The Balaban J connectivity index is 1.88. The van der Waals surface area contributed by atoms with Crippen molar-refractivity contribution in [3.05, 3.63) is 53.1 Å². The quantitative estimate of drug-likeness (QED) is 0.873. The smallest absolute Gasteiger partial charge is 0.257 e. The molecule has 0 N–H and O–H groups in total. The lowest BCUT2D eigenvalue weighted by atomic mass is 9.99. The molecule has 1 aliphatic rings. The fraction of sp³-hybridized carbons (Fsp3) is 0.353. The Morgan fingerprint density at radius 2 is 2.23 bits per heavy atom. The number of amides is 1. The lowest BCUT2D eigenvalue weighted by molar-refractivity contribution is 0.0645. The molecule has 1 atom stereocenters. The first-order valence-electron chi connectivity index (χ1n) is 7.35. The van der Waals surface area contributed by atoms with E-state index < -0.39 is 0 Å². The number of aromatic nitrogens is 2. The Labute approximate surface area is 130 Å². The normalized spacial score (nSPS) is 17.3. The predicted molar refractivity (Wildman–Crippen MR) is 82.8 cm³/mol. The zero-order chi connectivity index (χ0) is 15.7. The number of nitrogens with zero attached hydrogens (tertiary/aromatic N) is 3. The molecule has 1 aliphatic heterocycles. The molecule has 114 valence electrons. The van der Waals surface area contributed by atoms with E-state index in [1.807, 2.05) is 36.1 Å². The van der Waals surface area contributed by atoms with Crippen LogP contribution >= 0.6 is 0 Å². The summed E-state index contributed by atoms with van der Waals surface area (Å²) in [4.78, 5) is 23.1. The van der Waals surface area contributed by atoms with E-state index in [9.17, 15) is 4.79 Å². The highest BCUT2D eigenvalue weighted by Crippen LogP contribution is 2.24. The number of ether oxygens (including phenoxy) is 1. The van der Waals surface area contributed by atoms with E-state index in [-0.39, 0.29) is 11.9 Å². The fourth-order valence-corrected chi connectivity index (χ4v) is 2.79. The van der Waals surface area contributed by atoms with Gasteiger partial charge < -0.3 is 9.64 Å². The highest BCUT2D eigenvalue weighted by Gasteiger charge is 2.31. The van der Waals surface area contributed by atoms with E-state index in [4.69, 9.17) is 4.74 Å². The van der Waals surface area contributed by atoms with Crippen molar-refractivity contribution < 1.29 is 9.53 Å². The van der Waals surface area contributed by atoms with Gasteiger partial charge in [0.1, 0.15) is 11.6 Å². The molecule has 2 heterocycles. The van der Waals surface area contributed by atoms with E-state index >= 15 is 0 Å². The maximum atomic E-state index is 12.7. The van der Waals surface area contributed by atoms with Crippen LogP contribution in [0, 0.1) is 6.92 Å². The van der Waals surface area contributed by atoms with Crippen molar-refractivity contribution in [2.45, 2.75) is 32.9 Å². The fourth-order valence-electron chi connectivity index (χ4n) is 2.79. The van der Waals surface area contributed by atoms with Crippen molar-refractivity contribution in [2.75, 3.05) is 7.11 Å². The van der Waals surface area contributed by atoms with Crippen molar-refractivity contribution >= 4 is 5.91 Å². The Bertz CT molecular complexity index is 715. The largest absolute Gasteiger partial charge is 0.497 e. The van der Waals surface area contributed by atoms with E-state index in [2.05, 4.69) is 16.9 Å². The van der Waals surface area contributed by atoms with Crippen LogP contribution in [-0.2, 0) is 13.0 Å². The van der Waals surface area contributed by atoms with Crippen LogP contribution in [-0.4, -0.2) is 33.9 Å². The van der Waals surface area contributed by atoms with Crippen LogP contribution in [0.4, 0.5) is 0 Å². The maximum Gasteiger partial charge on any atom is 0.257 e. The van der Waals surface area contributed by atoms with Crippen LogP contribution in [0.1, 0.15) is 34.4 Å². The molecule has 0 saturated heterocycles. The molecule has 3 rings (SSSR count). The second-order valence-electron chi connectivity index (χ2n) is 5.62. The van der Waals surface area contributed by atoms with Gasteiger partial charge in [0.15, 0.2) is 0 Å². The number of fused-ring (bicyclic) bond motifs is 1. The summed E-state index contributed by atoms with van der Waals surface area (Å²) in [5.74, 6) is 1.51. The zero-order valence-electron chi connectivity index (χ0n) is 13.0. The van der Waals surface area contributed by atoms with Crippen LogP contribution in [0.25, 0.3) is 0 Å². The molecule has 0 bridgehead atoms. The van der Waals surface area contributed by atoms with E-state index in [1.54, 1.807) is 13.3 Å². The minimum absolute atomic E-state index is 0.00318. The van der Waals surface area contributed by atoms with Gasteiger partial charge in [-0.2, -0.15) is 0 Å². The standard InChI is InChI=1S/C17H19N3O2/c1-11-7-16-15(9-18-12(2)19-16)17(21)20(11)10-13-5-4-6-14(8-13)22-3/h4-6,8-9,11H,7,10H2,1-3H3/t11-/m1/s1. The SMILES string of the molecule is COc1cccc(CN2C(=O)c3cnc(C)nc3C[C@H]2C)c1. The number of rotatable bonds is 3. The van der Waals surface area contributed by atoms with E-state index in [0.29, 0.717) is 17.9 Å². The van der Waals surface area contributed by atoms with Gasteiger partial charge in [0.05, 0.1) is 18.4 Å². The van der Waals surface area contributed by atoms with Gasteiger partial charge in [-0.1, -0.05) is 12.1 Å². The van der Waals surface area contributed by atoms with Gasteiger partial charge in [-0.15, -0.1) is 0 Å². The van der Waals surface area contributed by atoms with Crippen molar-refractivity contribution in [1.29, 1.82) is 0 Å². The average molecular weight is 297 g/mol. The van der Waals surface area contributed by atoms with Gasteiger partial charge in [-0.25, -0.2) is 9.97 Å². The summed E-state index contributed by atoms with van der Waals surface area (Å²) in [5, 5.41) is 0. The number of hydrogen-bond acceptors (Lipinski definition) is 4. The minimum atomic E-state index is -0.00318. The van der Waals surface area contributed by atoms with Crippen molar-refractivity contribution in [2.24, 2.45) is 0 Å². The monoisotopic (exact) mass is 297 g/mol. The highest BCUT2D eigenvalue weighted by atomic mass is 16.5. The first-order chi connectivity index (χ1) is 10.6. The summed E-state index contributed by atoms with van der Waals surface area (Å²) in [6.07, 6.45) is 2.40. The number of benzene rings is 1. The lowest BCUT2D eigenvalue weighted by Crippen LogP contribution is -2.44. The van der Waals surface area contributed by atoms with E-state index in [1.165, 1.54) is 0 Å². The van der Waals surface area contributed by atoms with Crippen LogP contribution in [0.5, 0.6) is 5.75 Å². The molecular formula is C17H19N3O2. The van der Waals surface area contributed by atoms with Crippen molar-refractivity contribution in [3.63, 3.8) is 0 Å². The molecule has 0 saturated carbocycles. The van der Waals surface area contributed by atoms with Gasteiger partial charge in [0, 0.05) is 25.2 Å². The number of carbonyl (C=O) groups excluding carboxylic acids is 1. The summed E-state index contributed by atoms with van der Waals surface area (Å²) in [6.45, 7) is 4.46. The molecule has 0 spiro atoms. The number of aryl methyl sites for hydroxylation is 1. The molecule has 0 fully saturated rings. The Morgan fingerprint density at radius 3 is 3.00 bits per heavy atom. The molecule has 2 aromatic rings. The van der Waals surface area contributed by atoms with Crippen molar-refractivity contribution in [1.82, 2.24) is 14.9 Å². The van der Waals surface area contributed by atoms with Crippen LogP contribution in [0.3, 0.4) is 0 Å². The third kappa shape index (κ3) is 2.66. The van der Waals surface area contributed by atoms with Crippen LogP contribution in [0.15, 0.2) is 30.5 Å². The first-order valence-corrected chi connectivity index (χ1v) is 7.35. The molecule has 0 unspecified atom stereocenters. The molecule has 0 radical (unpaired) electrons. The Morgan fingerprint density at radius 1 is 1.41 bits per heavy atom. The maximum absolute atomic E-state index is 12.7. The van der Waals surface area contributed by atoms with Gasteiger partial charge in [-0.05, 0) is 31.5 Å². The summed E-state index contributed by atoms with van der Waals surface area (Å²) in [6, 6.07) is 7.91. The highest BCUT2D eigenvalue weighted by molar-refractivity contribution is 5.96. The number of hydrogen-bond donors (Lipinski definition) is 0. The average Bonchev–Trinajstić information content (AvgIpc) is 2.51. The van der Waals surface area contributed by atoms with Gasteiger partial charge in [-0.3, -0.25) is 4.79 Å². The molecule has 1 aromatic carbocycles.